The number of ether oxygens (including phenoxy) is 1. The first-order valence-corrected chi connectivity index (χ1v) is 18.8. The lowest BCUT2D eigenvalue weighted by Crippen LogP contribution is -2.36. The van der Waals surface area contributed by atoms with Crippen molar-refractivity contribution >= 4 is 69.1 Å². The summed E-state index contributed by atoms with van der Waals surface area (Å²) in [6.45, 7) is 0. The van der Waals surface area contributed by atoms with Gasteiger partial charge in [-0.25, -0.2) is 4.79 Å². The third kappa shape index (κ3) is 6.49. The molecule has 43 heavy (non-hydrogen) atoms. The zero-order valence-corrected chi connectivity index (χ0v) is 27.3. The van der Waals surface area contributed by atoms with Crippen molar-refractivity contribution in [1.29, 1.82) is 0 Å². The third-order valence-corrected chi connectivity index (χ3v) is 13.8. The zero-order valence-electron chi connectivity index (χ0n) is 23.2. The van der Waals surface area contributed by atoms with Gasteiger partial charge in [0.05, 0.1) is 18.0 Å². The van der Waals surface area contributed by atoms with E-state index in [1.807, 2.05) is 46.6 Å². The molecule has 2 N–H and O–H groups in total. The Labute approximate surface area is 271 Å². The first kappa shape index (κ1) is 28.9. The molecule has 2 fully saturated rings. The zero-order chi connectivity index (χ0) is 29.2. The summed E-state index contributed by atoms with van der Waals surface area (Å²) in [5.41, 5.74) is 1.18. The number of nitrogens with one attached hydrogen (secondary N) is 2. The van der Waals surface area contributed by atoms with Gasteiger partial charge in [-0.3, -0.25) is 4.79 Å². The van der Waals surface area contributed by atoms with Crippen LogP contribution in [-0.4, -0.2) is 35.1 Å². The number of amides is 2. The van der Waals surface area contributed by atoms with Gasteiger partial charge in [0, 0.05) is 46.7 Å². The molecule has 4 aromatic heterocycles. The van der Waals surface area contributed by atoms with Gasteiger partial charge in [0.1, 0.15) is 5.75 Å². The minimum absolute atomic E-state index is 0.0572. The maximum atomic E-state index is 12.6. The van der Waals surface area contributed by atoms with Crippen molar-refractivity contribution in [2.24, 2.45) is 0 Å². The smallest absolute Gasteiger partial charge is 0.315 e. The van der Waals surface area contributed by atoms with Gasteiger partial charge in [0.25, 0.3) is 0 Å². The van der Waals surface area contributed by atoms with Crippen molar-refractivity contribution in [2.75, 3.05) is 5.75 Å². The van der Waals surface area contributed by atoms with E-state index in [9.17, 15) is 9.59 Å². The molecular weight excluding hydrogens is 633 g/mol. The molecule has 0 saturated carbocycles. The molecule has 0 radical (unpaired) electrons. The summed E-state index contributed by atoms with van der Waals surface area (Å²) in [4.78, 5) is 32.0. The molecule has 2 amide bonds. The van der Waals surface area contributed by atoms with E-state index in [2.05, 4.69) is 82.1 Å². The Bertz CT molecular complexity index is 1600. The molecule has 2 saturated heterocycles. The van der Waals surface area contributed by atoms with E-state index >= 15 is 0 Å². The molecule has 10 heteroatoms. The van der Waals surface area contributed by atoms with Crippen LogP contribution in [0.15, 0.2) is 83.6 Å². The van der Waals surface area contributed by atoms with Crippen LogP contribution in [-0.2, 0) is 4.79 Å². The number of fused-ring (bicyclic) bond motifs is 1. The highest BCUT2D eigenvalue weighted by Gasteiger charge is 2.42. The third-order valence-electron chi connectivity index (χ3n) is 7.85. The van der Waals surface area contributed by atoms with Crippen LogP contribution >= 0.6 is 57.1 Å². The second-order valence-corrected chi connectivity index (χ2v) is 16.1. The fraction of sp³-hybridized carbons (Fsp3) is 0.273. The van der Waals surface area contributed by atoms with E-state index in [4.69, 9.17) is 4.74 Å². The monoisotopic (exact) mass is 662 g/mol. The summed E-state index contributed by atoms with van der Waals surface area (Å²) < 4.78 is 5.72. The minimum atomic E-state index is -0.199. The number of benzene rings is 1. The average molecular weight is 663 g/mol. The quantitative estimate of drug-likeness (QED) is 0.0641. The second kappa shape index (κ2) is 13.0. The molecule has 3 atom stereocenters. The van der Waals surface area contributed by atoms with Crippen LogP contribution in [0.3, 0.4) is 0 Å². The van der Waals surface area contributed by atoms with Gasteiger partial charge < -0.3 is 15.4 Å². The van der Waals surface area contributed by atoms with E-state index in [0.717, 1.165) is 25.0 Å². The van der Waals surface area contributed by atoms with Gasteiger partial charge in [-0.05, 0) is 77.7 Å². The summed E-state index contributed by atoms with van der Waals surface area (Å²) in [6, 6.07) is 25.9. The van der Waals surface area contributed by atoms with E-state index in [0.29, 0.717) is 17.4 Å². The molecule has 0 aliphatic carbocycles. The molecule has 0 bridgehead atoms. The average Bonchev–Trinajstić information content (AvgIpc) is 3.84. The Balaban J connectivity index is 1.01. The van der Waals surface area contributed by atoms with Gasteiger partial charge in [-0.1, -0.05) is 30.7 Å². The number of esters is 1. The van der Waals surface area contributed by atoms with Crippen LogP contribution in [0, 0.1) is 0 Å². The van der Waals surface area contributed by atoms with Gasteiger partial charge >= 0.3 is 12.0 Å². The molecule has 5 nitrogen and oxygen atoms in total. The van der Waals surface area contributed by atoms with Crippen LogP contribution in [0.4, 0.5) is 4.79 Å². The number of thiophene rings is 4. The maximum Gasteiger partial charge on any atom is 0.315 e. The van der Waals surface area contributed by atoms with E-state index in [1.165, 1.54) is 34.8 Å². The number of hydrogen-bond donors (Lipinski definition) is 2. The highest BCUT2D eigenvalue weighted by atomic mass is 32.2. The number of unbranched alkanes of at least 4 members (excludes halogenated alkanes) is 1. The van der Waals surface area contributed by atoms with Crippen molar-refractivity contribution in [1.82, 2.24) is 10.6 Å². The predicted octanol–water partition coefficient (Wildman–Crippen LogP) is 9.08. The van der Waals surface area contributed by atoms with Crippen LogP contribution in [0.25, 0.3) is 19.5 Å². The van der Waals surface area contributed by atoms with Gasteiger partial charge in [0.2, 0.25) is 0 Å². The van der Waals surface area contributed by atoms with Crippen molar-refractivity contribution in [3.63, 3.8) is 0 Å². The topological polar surface area (TPSA) is 67.4 Å². The van der Waals surface area contributed by atoms with Crippen LogP contribution < -0.4 is 15.4 Å². The molecule has 1 aromatic carbocycles. The Morgan fingerprint density at radius 3 is 2.12 bits per heavy atom. The summed E-state index contributed by atoms with van der Waals surface area (Å²) in [7, 11) is 0. The first-order valence-electron chi connectivity index (χ1n) is 14.4. The maximum absolute atomic E-state index is 12.6. The molecule has 0 unspecified atom stereocenters. The first-order chi connectivity index (χ1) is 21.1. The number of rotatable bonds is 11. The molecule has 2 aliphatic rings. The Morgan fingerprint density at radius 2 is 1.49 bits per heavy atom. The number of carbonyl (C=O) groups is 2. The fourth-order valence-corrected chi connectivity index (χ4v) is 11.4. The molecule has 7 rings (SSSR count). The summed E-state index contributed by atoms with van der Waals surface area (Å²) >= 11 is 9.13. The number of urea groups is 1. The van der Waals surface area contributed by atoms with Crippen molar-refractivity contribution < 1.29 is 14.3 Å². The van der Waals surface area contributed by atoms with Crippen LogP contribution in [0.2, 0.25) is 0 Å². The van der Waals surface area contributed by atoms with Crippen LogP contribution in [0.1, 0.15) is 46.9 Å². The van der Waals surface area contributed by atoms with Gasteiger partial charge in [-0.2, -0.15) is 11.8 Å². The van der Waals surface area contributed by atoms with E-state index in [1.54, 1.807) is 22.7 Å². The normalized spacial score (nSPS) is 19.4. The SMILES string of the molecule is O=C1N[C@H]2[C@H](CS[C@H]2CCCCC(=O)Oc2ccc(C(c3ccc(-c4cccs4)s3)c3ccc(-c4cccs4)s3)cc2)N1. The lowest BCUT2D eigenvalue weighted by Gasteiger charge is -2.16. The fourth-order valence-electron chi connectivity index (χ4n) is 5.76. The molecule has 220 valence electrons. The Kier molecular flexibility index (Phi) is 8.72. The highest BCUT2D eigenvalue weighted by molar-refractivity contribution is 8.00. The Morgan fingerprint density at radius 1 is 0.814 bits per heavy atom. The van der Waals surface area contributed by atoms with E-state index in [-0.39, 0.29) is 30.0 Å². The largest absolute Gasteiger partial charge is 0.427 e. The highest BCUT2D eigenvalue weighted by Crippen LogP contribution is 2.44. The number of hydrogen-bond acceptors (Lipinski definition) is 8. The summed E-state index contributed by atoms with van der Waals surface area (Å²) in [5, 5.41) is 10.7. The molecule has 2 aliphatic heterocycles. The molecule has 5 aromatic rings. The van der Waals surface area contributed by atoms with Gasteiger partial charge in [0.15, 0.2) is 0 Å². The second-order valence-electron chi connectivity index (χ2n) is 10.7. The van der Waals surface area contributed by atoms with Crippen molar-refractivity contribution in [2.45, 2.75) is 48.9 Å². The number of carbonyl (C=O) groups excluding carboxylic acids is 2. The molecule has 6 heterocycles. The van der Waals surface area contributed by atoms with Crippen molar-refractivity contribution in [3.8, 4) is 25.3 Å². The molecular formula is C33H30N2O3S5. The summed E-state index contributed by atoms with van der Waals surface area (Å²) in [5.74, 6) is 1.44. The van der Waals surface area contributed by atoms with Gasteiger partial charge in [-0.15, -0.1) is 45.3 Å². The predicted molar refractivity (Wildman–Crippen MR) is 182 cm³/mol. The van der Waals surface area contributed by atoms with Crippen molar-refractivity contribution in [3.05, 3.63) is 98.9 Å². The molecule has 0 spiro atoms. The lowest BCUT2D eigenvalue weighted by molar-refractivity contribution is -0.134. The number of thioether (sulfide) groups is 1. The Hall–Kier alpha value is -2.89. The lowest BCUT2D eigenvalue weighted by atomic mass is 9.95. The minimum Gasteiger partial charge on any atom is -0.427 e. The summed E-state index contributed by atoms with van der Waals surface area (Å²) in [6.07, 6.45) is 3.10. The van der Waals surface area contributed by atoms with E-state index < -0.39 is 0 Å². The standard InChI is InChI=1S/C33H30N2O3S5/c36-30(8-2-1-5-29-32-22(19-41-29)34-33(37)35-32)38-21-11-9-20(10-12-21)31(27-15-13-25(42-27)23-6-3-17-39-23)28-16-14-26(43-28)24-7-4-18-40-24/h3-4,6-7,9-18,22,29,31-32H,1-2,5,8,19H2,(H2,34,35,37)/t22-,29-,32-/m0/s1. The van der Waals surface area contributed by atoms with Crippen LogP contribution in [0.5, 0.6) is 5.75 Å².